The average Bonchev–Trinajstić information content (AvgIpc) is 2.66. The number of hydrogen-bond acceptors (Lipinski definition) is 5. The maximum Gasteiger partial charge on any atom is 0.494 e. The molecule has 1 amide bonds. The van der Waals surface area contributed by atoms with Crippen molar-refractivity contribution in [3.05, 3.63) is 29.8 Å². The fourth-order valence-corrected chi connectivity index (χ4v) is 2.21. The molecule has 4 N–H and O–H groups in total. The summed E-state index contributed by atoms with van der Waals surface area (Å²) in [6.45, 7) is 7.79. The Hall–Kier alpha value is -1.41. The second-order valence-electron chi connectivity index (χ2n) is 6.55. The molecule has 0 radical (unpaired) electrons. The number of amides is 1. The van der Waals surface area contributed by atoms with Crippen LogP contribution in [0.1, 0.15) is 39.4 Å². The number of primary amides is 1. The standard InChI is InChI=1S/C15H22BNO5/c1-14(2)15(3,4)22-16(21-14)10-7-5-6-9(8-10)11(18)12(19)13(17)20/h5-8,11-12,18-19H,1-4H3,(H2,17,20). The number of aliphatic hydroxyl groups is 2. The third kappa shape index (κ3) is 3.03. The van der Waals surface area contributed by atoms with E-state index in [1.807, 2.05) is 27.7 Å². The summed E-state index contributed by atoms with van der Waals surface area (Å²) in [7, 11) is -0.581. The summed E-state index contributed by atoms with van der Waals surface area (Å²) in [4.78, 5) is 11.0. The van der Waals surface area contributed by atoms with E-state index in [-0.39, 0.29) is 0 Å². The Morgan fingerprint density at radius 1 is 1.18 bits per heavy atom. The zero-order chi connectivity index (χ0) is 16.7. The molecule has 1 saturated heterocycles. The van der Waals surface area contributed by atoms with Crippen LogP contribution in [0.2, 0.25) is 0 Å². The van der Waals surface area contributed by atoms with Crippen LogP contribution in [0.5, 0.6) is 0 Å². The van der Waals surface area contributed by atoms with E-state index in [4.69, 9.17) is 15.0 Å². The lowest BCUT2D eigenvalue weighted by Gasteiger charge is -2.32. The zero-order valence-electron chi connectivity index (χ0n) is 13.2. The summed E-state index contributed by atoms with van der Waals surface area (Å²) in [6, 6.07) is 6.74. The molecule has 7 heteroatoms. The van der Waals surface area contributed by atoms with Gasteiger partial charge in [-0.2, -0.15) is 0 Å². The summed E-state index contributed by atoms with van der Waals surface area (Å²) in [5.74, 6) is -0.978. The van der Waals surface area contributed by atoms with E-state index in [0.717, 1.165) is 0 Å². The molecule has 0 spiro atoms. The molecule has 0 bridgehead atoms. The first kappa shape index (κ1) is 17.0. The molecule has 1 heterocycles. The van der Waals surface area contributed by atoms with Crippen molar-refractivity contribution in [2.24, 2.45) is 5.73 Å². The van der Waals surface area contributed by atoms with Gasteiger partial charge in [0.2, 0.25) is 5.91 Å². The number of carbonyl (C=O) groups excluding carboxylic acids is 1. The van der Waals surface area contributed by atoms with E-state index < -0.39 is 36.4 Å². The highest BCUT2D eigenvalue weighted by Crippen LogP contribution is 2.36. The minimum atomic E-state index is -1.66. The predicted molar refractivity (Wildman–Crippen MR) is 82.3 cm³/mol. The molecule has 1 aliphatic heterocycles. The number of benzene rings is 1. The van der Waals surface area contributed by atoms with Crippen LogP contribution in [-0.2, 0) is 14.1 Å². The van der Waals surface area contributed by atoms with Crippen LogP contribution in [0, 0.1) is 0 Å². The molecule has 0 aliphatic carbocycles. The Balaban J connectivity index is 2.25. The molecule has 2 atom stereocenters. The van der Waals surface area contributed by atoms with Gasteiger partial charge >= 0.3 is 7.12 Å². The van der Waals surface area contributed by atoms with Crippen molar-refractivity contribution in [2.75, 3.05) is 0 Å². The second kappa shape index (κ2) is 5.66. The Morgan fingerprint density at radius 3 is 2.23 bits per heavy atom. The fourth-order valence-electron chi connectivity index (χ4n) is 2.21. The first-order valence-electron chi connectivity index (χ1n) is 7.16. The van der Waals surface area contributed by atoms with E-state index in [2.05, 4.69) is 0 Å². The van der Waals surface area contributed by atoms with Crippen molar-refractivity contribution < 1.29 is 24.3 Å². The minimum Gasteiger partial charge on any atom is -0.399 e. The Morgan fingerprint density at radius 2 is 1.73 bits per heavy atom. The largest absolute Gasteiger partial charge is 0.494 e. The molecule has 2 rings (SSSR count). The fraction of sp³-hybridized carbons (Fsp3) is 0.533. The molecule has 1 aromatic carbocycles. The monoisotopic (exact) mass is 307 g/mol. The van der Waals surface area contributed by atoms with Crippen molar-refractivity contribution in [3.63, 3.8) is 0 Å². The quantitative estimate of drug-likeness (QED) is 0.672. The predicted octanol–water partition coefficient (Wildman–Crippen LogP) is -0.135. The van der Waals surface area contributed by atoms with E-state index in [0.29, 0.717) is 11.0 Å². The number of aliphatic hydroxyl groups excluding tert-OH is 2. The minimum absolute atomic E-state index is 0.374. The van der Waals surface area contributed by atoms with Crippen LogP contribution in [0.15, 0.2) is 24.3 Å². The number of carbonyl (C=O) groups is 1. The number of hydrogen-bond donors (Lipinski definition) is 3. The molecule has 1 aromatic rings. The maximum absolute atomic E-state index is 11.0. The zero-order valence-corrected chi connectivity index (χ0v) is 13.2. The van der Waals surface area contributed by atoms with Gasteiger partial charge in [0, 0.05) is 0 Å². The topological polar surface area (TPSA) is 102 Å². The van der Waals surface area contributed by atoms with Gasteiger partial charge in [0.1, 0.15) is 6.10 Å². The molecular formula is C15H22BNO5. The lowest BCUT2D eigenvalue weighted by Crippen LogP contribution is -2.41. The molecule has 0 aromatic heterocycles. The van der Waals surface area contributed by atoms with Gasteiger partial charge < -0.3 is 25.3 Å². The molecule has 0 saturated carbocycles. The summed E-state index contributed by atoms with van der Waals surface area (Å²) in [5, 5.41) is 19.6. The van der Waals surface area contributed by atoms with Gasteiger partial charge in [-0.3, -0.25) is 4.79 Å². The molecule has 2 unspecified atom stereocenters. The smallest absolute Gasteiger partial charge is 0.399 e. The lowest BCUT2D eigenvalue weighted by molar-refractivity contribution is -0.131. The van der Waals surface area contributed by atoms with Crippen LogP contribution in [-0.4, -0.2) is 40.5 Å². The Labute approximate surface area is 130 Å². The summed E-state index contributed by atoms with van der Waals surface area (Å²) in [6.07, 6.45) is -3.05. The van der Waals surface area contributed by atoms with E-state index in [1.165, 1.54) is 0 Å². The number of nitrogens with two attached hydrogens (primary N) is 1. The summed E-state index contributed by atoms with van der Waals surface area (Å²) in [5.41, 5.74) is 5.14. The lowest BCUT2D eigenvalue weighted by atomic mass is 9.78. The van der Waals surface area contributed by atoms with Crippen LogP contribution < -0.4 is 11.2 Å². The second-order valence-corrected chi connectivity index (χ2v) is 6.55. The first-order valence-corrected chi connectivity index (χ1v) is 7.16. The number of rotatable bonds is 4. The molecule has 1 fully saturated rings. The average molecular weight is 307 g/mol. The normalized spacial score (nSPS) is 22.4. The highest BCUT2D eigenvalue weighted by Gasteiger charge is 2.51. The first-order chi connectivity index (χ1) is 10.0. The summed E-state index contributed by atoms with van der Waals surface area (Å²) >= 11 is 0. The maximum atomic E-state index is 11.0. The van der Waals surface area contributed by atoms with Gasteiger partial charge in [0.25, 0.3) is 0 Å². The SMILES string of the molecule is CC1(C)OB(c2cccc(C(O)C(O)C(N)=O)c2)OC1(C)C. The van der Waals surface area contributed by atoms with Crippen LogP contribution in [0.25, 0.3) is 0 Å². The van der Waals surface area contributed by atoms with Crippen molar-refractivity contribution in [1.29, 1.82) is 0 Å². The molecule has 1 aliphatic rings. The van der Waals surface area contributed by atoms with Crippen molar-refractivity contribution in [1.82, 2.24) is 0 Å². The van der Waals surface area contributed by atoms with Gasteiger partial charge in [0.15, 0.2) is 6.10 Å². The van der Waals surface area contributed by atoms with Gasteiger partial charge in [-0.25, -0.2) is 0 Å². The summed E-state index contributed by atoms with van der Waals surface area (Å²) < 4.78 is 11.9. The van der Waals surface area contributed by atoms with Crippen LogP contribution in [0.4, 0.5) is 0 Å². The van der Waals surface area contributed by atoms with Crippen molar-refractivity contribution in [3.8, 4) is 0 Å². The van der Waals surface area contributed by atoms with Crippen LogP contribution in [0.3, 0.4) is 0 Å². The van der Waals surface area contributed by atoms with Gasteiger partial charge in [-0.05, 0) is 38.7 Å². The van der Waals surface area contributed by atoms with E-state index >= 15 is 0 Å². The van der Waals surface area contributed by atoms with E-state index in [9.17, 15) is 15.0 Å². The Kier molecular flexibility index (Phi) is 4.36. The van der Waals surface area contributed by atoms with Gasteiger partial charge in [0.05, 0.1) is 11.2 Å². The molecular weight excluding hydrogens is 285 g/mol. The molecule has 6 nitrogen and oxygen atoms in total. The third-order valence-electron chi connectivity index (χ3n) is 4.37. The molecule has 120 valence electrons. The highest BCUT2D eigenvalue weighted by molar-refractivity contribution is 6.62. The third-order valence-corrected chi connectivity index (χ3v) is 4.37. The Bertz CT molecular complexity index is 559. The van der Waals surface area contributed by atoms with Crippen molar-refractivity contribution >= 4 is 18.5 Å². The van der Waals surface area contributed by atoms with Gasteiger partial charge in [-0.15, -0.1) is 0 Å². The van der Waals surface area contributed by atoms with Crippen molar-refractivity contribution in [2.45, 2.75) is 51.1 Å². The van der Waals surface area contributed by atoms with Gasteiger partial charge in [-0.1, -0.05) is 24.3 Å². The highest BCUT2D eigenvalue weighted by atomic mass is 16.7. The molecule has 22 heavy (non-hydrogen) atoms. The van der Waals surface area contributed by atoms with Crippen LogP contribution >= 0.6 is 0 Å². The van der Waals surface area contributed by atoms with E-state index in [1.54, 1.807) is 24.3 Å².